The minimum Gasteiger partial charge on any atom is -0.295 e. The van der Waals surface area contributed by atoms with Crippen molar-refractivity contribution < 1.29 is 0 Å². The molecule has 3 saturated heterocycles. The maximum atomic E-state index is 4.96. The summed E-state index contributed by atoms with van der Waals surface area (Å²) in [4.78, 5) is 7.93. The number of hydrogen-bond donors (Lipinski definition) is 3. The Morgan fingerprint density at radius 3 is 2.52 bits per heavy atom. The van der Waals surface area contributed by atoms with Crippen LogP contribution in [-0.4, -0.2) is 46.1 Å². The summed E-state index contributed by atoms with van der Waals surface area (Å²) in [5, 5.41) is 8.50. The summed E-state index contributed by atoms with van der Waals surface area (Å²) in [6.45, 7) is 21.8. The van der Waals surface area contributed by atoms with E-state index in [9.17, 15) is 0 Å². The molecule has 8 atom stereocenters. The third-order valence-corrected chi connectivity index (χ3v) is 11.8. The average molecular weight is 570 g/mol. The largest absolute Gasteiger partial charge is 0.295 e. The van der Waals surface area contributed by atoms with Crippen molar-refractivity contribution in [2.45, 2.75) is 148 Å². The van der Waals surface area contributed by atoms with E-state index in [1.807, 2.05) is 18.1 Å². The molecule has 1 aliphatic carbocycles. The topological polar surface area (TPSA) is 52.2 Å². The van der Waals surface area contributed by atoms with Crippen LogP contribution in [0.5, 0.6) is 0 Å². The van der Waals surface area contributed by atoms with E-state index in [2.05, 4.69) is 87.8 Å². The maximum Gasteiger partial charge on any atom is 0.0690 e. The van der Waals surface area contributed by atoms with Gasteiger partial charge in [0.1, 0.15) is 0 Å². The molecular weight excluding hydrogens is 510 g/mol. The molecule has 3 aliphatic heterocycles. The monoisotopic (exact) mass is 569 g/mol. The quantitative estimate of drug-likeness (QED) is 0.307. The molecule has 4 aliphatic rings. The Balaban J connectivity index is 1.41. The molecule has 0 amide bonds. The number of nitrogens with zero attached hydrogens (tertiary/aromatic N) is 2. The fourth-order valence-corrected chi connectivity index (χ4v) is 9.28. The number of aromatic nitrogens is 1. The van der Waals surface area contributed by atoms with Gasteiger partial charge >= 0.3 is 0 Å². The van der Waals surface area contributed by atoms with E-state index in [1.54, 1.807) is 0 Å². The number of fused-ring (bicyclic) bond motifs is 6. The van der Waals surface area contributed by atoms with Gasteiger partial charge < -0.3 is 0 Å². The molecule has 1 saturated carbocycles. The van der Waals surface area contributed by atoms with Crippen LogP contribution in [0.2, 0.25) is 0 Å². The lowest BCUT2D eigenvalue weighted by molar-refractivity contribution is 0.0109. The first-order valence-corrected chi connectivity index (χ1v) is 17.3. The van der Waals surface area contributed by atoms with Crippen molar-refractivity contribution in [3.05, 3.63) is 29.6 Å². The second-order valence-corrected chi connectivity index (χ2v) is 17.5. The van der Waals surface area contributed by atoms with Crippen molar-refractivity contribution in [3.63, 3.8) is 0 Å². The first-order chi connectivity index (χ1) is 18.8. The van der Waals surface area contributed by atoms with Gasteiger partial charge in [0.2, 0.25) is 0 Å². The van der Waals surface area contributed by atoms with Gasteiger partial charge in [-0.2, -0.15) is 0 Å². The first-order valence-electron chi connectivity index (χ1n) is 16.4. The highest BCUT2D eigenvalue weighted by Crippen LogP contribution is 2.47. The number of piperidine rings is 1. The molecule has 7 unspecified atom stereocenters. The summed E-state index contributed by atoms with van der Waals surface area (Å²) < 4.78 is 3.90. The molecule has 3 N–H and O–H groups in total. The van der Waals surface area contributed by atoms with Crippen LogP contribution < -0.4 is 15.4 Å². The normalized spacial score (nSPS) is 37.7. The number of pyridine rings is 1. The molecule has 1 aromatic rings. The molecule has 5 nitrogen and oxygen atoms in total. The summed E-state index contributed by atoms with van der Waals surface area (Å²) >= 11 is 1.96. The summed E-state index contributed by atoms with van der Waals surface area (Å²) in [7, 11) is 0. The van der Waals surface area contributed by atoms with E-state index in [0.29, 0.717) is 23.0 Å². The molecule has 4 fully saturated rings. The van der Waals surface area contributed by atoms with E-state index >= 15 is 0 Å². The zero-order valence-corrected chi connectivity index (χ0v) is 27.7. The second kappa shape index (κ2) is 12.1. The van der Waals surface area contributed by atoms with Gasteiger partial charge in [-0.3, -0.25) is 25.2 Å². The Hall–Kier alpha value is -0.660. The summed E-state index contributed by atoms with van der Waals surface area (Å²) in [5.74, 6) is 2.30. The van der Waals surface area contributed by atoms with Crippen LogP contribution in [0, 0.1) is 23.2 Å². The van der Waals surface area contributed by atoms with E-state index in [0.717, 1.165) is 30.7 Å². The van der Waals surface area contributed by atoms with Crippen LogP contribution in [0.15, 0.2) is 18.3 Å². The van der Waals surface area contributed by atoms with E-state index in [1.165, 1.54) is 69.2 Å². The molecule has 1 aromatic heterocycles. The summed E-state index contributed by atoms with van der Waals surface area (Å²) in [6, 6.07) is 5.55. The van der Waals surface area contributed by atoms with Gasteiger partial charge in [0.15, 0.2) is 0 Å². The summed E-state index contributed by atoms with van der Waals surface area (Å²) in [6.07, 6.45) is 13.9. The van der Waals surface area contributed by atoms with Gasteiger partial charge in [-0.1, -0.05) is 53.5 Å². The molecule has 0 radical (unpaired) electrons. The zero-order valence-electron chi connectivity index (χ0n) is 26.9. The van der Waals surface area contributed by atoms with Gasteiger partial charge in [-0.15, -0.1) is 0 Å². The van der Waals surface area contributed by atoms with Crippen molar-refractivity contribution in [2.24, 2.45) is 23.2 Å². The standard InChI is InChI=1S/C34H59N5S/c1-32(2,3)25-14-13-24-21-36-40-31-11-9-10-30(38-31)37-27(28-18-26(16-17-35-28)33(4,5)6)15-12-23-20-34(7,8)39(22-23)29(24)19-25/h16-18,23-25,27,29-31,36-38H,9-15,19-22H2,1-8H3/t23-,24?,25?,27?,29?,30?,31?/m0/s1. The number of hydrogen-bond acceptors (Lipinski definition) is 6. The fourth-order valence-electron chi connectivity index (χ4n) is 8.25. The Kier molecular flexibility index (Phi) is 9.35. The average Bonchev–Trinajstić information content (AvgIpc) is 3.19. The molecule has 4 heterocycles. The first kappa shape index (κ1) is 30.8. The molecule has 5 rings (SSSR count). The zero-order chi connectivity index (χ0) is 28.7. The third kappa shape index (κ3) is 7.27. The lowest BCUT2D eigenvalue weighted by Gasteiger charge is -2.49. The highest BCUT2D eigenvalue weighted by Gasteiger charge is 2.47. The lowest BCUT2D eigenvalue weighted by atomic mass is 9.67. The Labute approximate surface area is 250 Å². The molecule has 4 bridgehead atoms. The van der Waals surface area contributed by atoms with Crippen molar-refractivity contribution in [1.29, 1.82) is 0 Å². The predicted octanol–water partition coefficient (Wildman–Crippen LogP) is 7.40. The molecule has 0 aromatic carbocycles. The number of nitrogens with one attached hydrogen (secondary N) is 3. The summed E-state index contributed by atoms with van der Waals surface area (Å²) in [5.41, 5.74) is 3.39. The second-order valence-electron chi connectivity index (χ2n) is 16.4. The SMILES string of the molecule is CC(C)(C)c1ccnc(C2CC[C@@H]3CN(C4CC(C(C)(C)C)CCC4CNSC4CCCC(N4)N2)C(C)(C)C3)c1. The predicted molar refractivity (Wildman–Crippen MR) is 171 cm³/mol. The lowest BCUT2D eigenvalue weighted by Crippen LogP contribution is -2.54. The highest BCUT2D eigenvalue weighted by molar-refractivity contribution is 7.98. The van der Waals surface area contributed by atoms with E-state index in [4.69, 9.17) is 4.98 Å². The molecule has 226 valence electrons. The van der Waals surface area contributed by atoms with Crippen molar-refractivity contribution in [1.82, 2.24) is 25.2 Å². The number of rotatable bonds is 1. The van der Waals surface area contributed by atoms with Crippen LogP contribution in [0.25, 0.3) is 0 Å². The maximum absolute atomic E-state index is 4.96. The Morgan fingerprint density at radius 2 is 1.77 bits per heavy atom. The molecule has 0 spiro atoms. The smallest absolute Gasteiger partial charge is 0.0690 e. The van der Waals surface area contributed by atoms with Crippen molar-refractivity contribution in [3.8, 4) is 0 Å². The fraction of sp³-hybridized carbons (Fsp3) is 0.853. The van der Waals surface area contributed by atoms with Crippen LogP contribution in [-0.2, 0) is 5.41 Å². The van der Waals surface area contributed by atoms with Crippen molar-refractivity contribution in [2.75, 3.05) is 13.1 Å². The molecule has 6 heteroatoms. The van der Waals surface area contributed by atoms with Crippen LogP contribution in [0.3, 0.4) is 0 Å². The highest BCUT2D eigenvalue weighted by atomic mass is 32.2. The van der Waals surface area contributed by atoms with Crippen LogP contribution in [0.1, 0.15) is 130 Å². The Morgan fingerprint density at radius 1 is 0.975 bits per heavy atom. The minimum atomic E-state index is 0.130. The van der Waals surface area contributed by atoms with E-state index in [-0.39, 0.29) is 17.0 Å². The van der Waals surface area contributed by atoms with Gasteiger partial charge in [0.05, 0.1) is 23.3 Å². The van der Waals surface area contributed by atoms with Gasteiger partial charge in [0, 0.05) is 30.9 Å². The van der Waals surface area contributed by atoms with Gasteiger partial charge in [0.25, 0.3) is 0 Å². The van der Waals surface area contributed by atoms with Gasteiger partial charge in [-0.25, -0.2) is 0 Å². The third-order valence-electron chi connectivity index (χ3n) is 10.8. The van der Waals surface area contributed by atoms with Gasteiger partial charge in [-0.05, 0) is 118 Å². The minimum absolute atomic E-state index is 0.130. The van der Waals surface area contributed by atoms with Crippen LogP contribution >= 0.6 is 11.9 Å². The molecule has 40 heavy (non-hydrogen) atoms. The van der Waals surface area contributed by atoms with Crippen LogP contribution in [0.4, 0.5) is 0 Å². The molecular formula is C34H59N5S. The van der Waals surface area contributed by atoms with E-state index < -0.39 is 0 Å². The Bertz CT molecular complexity index is 981. The van der Waals surface area contributed by atoms with Crippen molar-refractivity contribution >= 4 is 11.9 Å².